The average Bonchev–Trinajstić information content (AvgIpc) is 3.13. The summed E-state index contributed by atoms with van der Waals surface area (Å²) in [7, 11) is -4.06. The number of carbonyl (C=O) groups excluding carboxylic acids is 1. The molecule has 182 valence electrons. The highest BCUT2D eigenvalue weighted by atomic mass is 35.5. The molecule has 10 heteroatoms. The maximum absolute atomic E-state index is 13.5. The van der Waals surface area contributed by atoms with Gasteiger partial charge in [0.25, 0.3) is 10.0 Å². The van der Waals surface area contributed by atoms with Gasteiger partial charge in [0.2, 0.25) is 5.91 Å². The molecule has 0 spiro atoms. The zero-order valence-electron chi connectivity index (χ0n) is 19.4. The molecule has 0 unspecified atom stereocenters. The van der Waals surface area contributed by atoms with Gasteiger partial charge in [-0.3, -0.25) is 18.5 Å². The van der Waals surface area contributed by atoms with Gasteiger partial charge in [-0.25, -0.2) is 8.42 Å². The van der Waals surface area contributed by atoms with E-state index in [1.54, 1.807) is 34.9 Å². The van der Waals surface area contributed by atoms with Crippen LogP contribution in [0, 0.1) is 13.8 Å². The highest BCUT2D eigenvalue weighted by Crippen LogP contribution is 2.27. The summed E-state index contributed by atoms with van der Waals surface area (Å²) in [6.45, 7) is 5.83. The van der Waals surface area contributed by atoms with Crippen molar-refractivity contribution in [3.8, 4) is 0 Å². The van der Waals surface area contributed by atoms with Crippen LogP contribution in [0.5, 0.6) is 0 Å². The number of hydrogen-bond donors (Lipinski definition) is 1. The third kappa shape index (κ3) is 5.12. The van der Waals surface area contributed by atoms with Crippen molar-refractivity contribution in [1.82, 2.24) is 4.57 Å². The average molecular weight is 530 g/mol. The van der Waals surface area contributed by atoms with Gasteiger partial charge in [0.05, 0.1) is 20.8 Å². The van der Waals surface area contributed by atoms with E-state index in [1.807, 2.05) is 26.8 Å². The van der Waals surface area contributed by atoms with E-state index in [0.29, 0.717) is 22.9 Å². The minimum Gasteiger partial charge on any atom is -0.324 e. The molecule has 4 rings (SSSR count). The Morgan fingerprint density at radius 1 is 1.03 bits per heavy atom. The van der Waals surface area contributed by atoms with Gasteiger partial charge in [0.1, 0.15) is 6.54 Å². The number of nitrogens with zero attached hydrogens (tertiary/aromatic N) is 2. The predicted molar refractivity (Wildman–Crippen MR) is 142 cm³/mol. The zero-order chi connectivity index (χ0) is 25.3. The standard InChI is InChI=1S/C25H24ClN3O4S2/c1-4-28-22-12-8-19(14-23(22)34-25(28)31)27-24(30)15-29(20-9-5-16(2)17(3)13-20)35(32,33)21-10-6-18(26)7-11-21/h5-14H,4,15H2,1-3H3,(H,27,30). The first-order valence-corrected chi connectivity index (χ1v) is 13.5. The van der Waals surface area contributed by atoms with Crippen LogP contribution in [0.25, 0.3) is 10.2 Å². The summed E-state index contributed by atoms with van der Waals surface area (Å²) in [6.07, 6.45) is 0. The molecule has 0 saturated heterocycles. The van der Waals surface area contributed by atoms with Gasteiger partial charge in [-0.1, -0.05) is 29.0 Å². The normalized spacial score (nSPS) is 11.5. The predicted octanol–water partition coefficient (Wildman–Crippen LogP) is 5.19. The number of thiazole rings is 1. The van der Waals surface area contributed by atoms with Crippen LogP contribution >= 0.6 is 22.9 Å². The van der Waals surface area contributed by atoms with Crippen LogP contribution in [-0.4, -0.2) is 25.4 Å². The zero-order valence-corrected chi connectivity index (χ0v) is 21.8. The van der Waals surface area contributed by atoms with Crippen molar-refractivity contribution in [2.45, 2.75) is 32.2 Å². The van der Waals surface area contributed by atoms with Gasteiger partial charge < -0.3 is 5.32 Å². The molecule has 1 heterocycles. The molecule has 0 atom stereocenters. The minimum absolute atomic E-state index is 0.0278. The first-order valence-electron chi connectivity index (χ1n) is 10.9. The Morgan fingerprint density at radius 2 is 1.74 bits per heavy atom. The maximum Gasteiger partial charge on any atom is 0.308 e. The molecule has 35 heavy (non-hydrogen) atoms. The number of amides is 1. The molecule has 3 aromatic carbocycles. The van der Waals surface area contributed by atoms with Crippen LogP contribution < -0.4 is 14.5 Å². The first kappa shape index (κ1) is 25.0. The molecule has 1 amide bonds. The molecule has 1 aromatic heterocycles. The van der Waals surface area contributed by atoms with Crippen molar-refractivity contribution >= 4 is 60.5 Å². The van der Waals surface area contributed by atoms with Crippen LogP contribution in [0.4, 0.5) is 11.4 Å². The van der Waals surface area contributed by atoms with E-state index >= 15 is 0 Å². The minimum atomic E-state index is -4.06. The lowest BCUT2D eigenvalue weighted by molar-refractivity contribution is -0.114. The molecule has 0 saturated carbocycles. The summed E-state index contributed by atoms with van der Waals surface area (Å²) in [6, 6.07) is 16.3. The molecule has 0 fully saturated rings. The van der Waals surface area contributed by atoms with Gasteiger partial charge >= 0.3 is 4.87 Å². The number of halogens is 1. The largest absolute Gasteiger partial charge is 0.324 e. The van der Waals surface area contributed by atoms with E-state index < -0.39 is 22.5 Å². The van der Waals surface area contributed by atoms with Crippen LogP contribution in [0.1, 0.15) is 18.1 Å². The fourth-order valence-electron chi connectivity index (χ4n) is 3.70. The Labute approximate surface area is 212 Å². The second-order valence-corrected chi connectivity index (χ2v) is 11.4. The van der Waals surface area contributed by atoms with E-state index in [4.69, 9.17) is 11.6 Å². The number of nitrogens with one attached hydrogen (secondary N) is 1. The topological polar surface area (TPSA) is 88.5 Å². The summed E-state index contributed by atoms with van der Waals surface area (Å²) in [5.41, 5.74) is 3.57. The van der Waals surface area contributed by atoms with Crippen LogP contribution in [-0.2, 0) is 21.4 Å². The van der Waals surface area contributed by atoms with E-state index in [0.717, 1.165) is 37.0 Å². The van der Waals surface area contributed by atoms with Crippen molar-refractivity contribution in [2.75, 3.05) is 16.2 Å². The summed E-state index contributed by atoms with van der Waals surface area (Å²) in [5, 5.41) is 3.18. The second-order valence-electron chi connectivity index (χ2n) is 8.08. The fourth-order valence-corrected chi connectivity index (χ4v) is 6.24. The Balaban J connectivity index is 1.66. The number of aryl methyl sites for hydroxylation is 3. The summed E-state index contributed by atoms with van der Waals surface area (Å²) < 4.78 is 30.6. The third-order valence-corrected chi connectivity index (χ3v) is 8.72. The lowest BCUT2D eigenvalue weighted by atomic mass is 10.1. The number of benzene rings is 3. The molecule has 0 aliphatic heterocycles. The van der Waals surface area contributed by atoms with E-state index in [-0.39, 0.29) is 9.77 Å². The molecule has 0 aliphatic carbocycles. The molecule has 0 bridgehead atoms. The quantitative estimate of drug-likeness (QED) is 0.357. The number of hydrogen-bond acceptors (Lipinski definition) is 5. The molecule has 7 nitrogen and oxygen atoms in total. The Hall–Kier alpha value is -3.14. The van der Waals surface area contributed by atoms with E-state index in [2.05, 4.69) is 5.32 Å². The third-order valence-electron chi connectivity index (χ3n) is 5.74. The molecule has 4 aromatic rings. The number of anilines is 2. The van der Waals surface area contributed by atoms with Crippen molar-refractivity contribution in [2.24, 2.45) is 0 Å². The summed E-state index contributed by atoms with van der Waals surface area (Å²) in [4.78, 5) is 25.1. The van der Waals surface area contributed by atoms with E-state index in [1.165, 1.54) is 24.3 Å². The van der Waals surface area contributed by atoms with E-state index in [9.17, 15) is 18.0 Å². The molecule has 0 aliphatic rings. The molecular formula is C25H24ClN3O4S2. The lowest BCUT2D eigenvalue weighted by Gasteiger charge is -2.25. The maximum atomic E-state index is 13.5. The van der Waals surface area contributed by atoms with Crippen LogP contribution in [0.15, 0.2) is 70.4 Å². The van der Waals surface area contributed by atoms with Gasteiger partial charge in [-0.2, -0.15) is 0 Å². The SMILES string of the molecule is CCn1c(=O)sc2cc(NC(=O)CN(c3ccc(C)c(C)c3)S(=O)(=O)c3ccc(Cl)cc3)ccc21. The van der Waals surface area contributed by atoms with Crippen molar-refractivity contribution < 1.29 is 13.2 Å². The van der Waals surface area contributed by atoms with Crippen LogP contribution in [0.2, 0.25) is 5.02 Å². The van der Waals surface area contributed by atoms with Gasteiger partial charge in [-0.05, 0) is 86.5 Å². The first-order chi connectivity index (χ1) is 16.6. The molecular weight excluding hydrogens is 506 g/mol. The lowest BCUT2D eigenvalue weighted by Crippen LogP contribution is -2.38. The van der Waals surface area contributed by atoms with Crippen molar-refractivity contribution in [3.63, 3.8) is 0 Å². The molecule has 0 radical (unpaired) electrons. The monoisotopic (exact) mass is 529 g/mol. The highest BCUT2D eigenvalue weighted by Gasteiger charge is 2.27. The smallest absolute Gasteiger partial charge is 0.308 e. The molecule has 1 N–H and O–H groups in total. The summed E-state index contributed by atoms with van der Waals surface area (Å²) >= 11 is 7.04. The van der Waals surface area contributed by atoms with Gasteiger partial charge in [0, 0.05) is 17.3 Å². The van der Waals surface area contributed by atoms with Gasteiger partial charge in [0.15, 0.2) is 0 Å². The van der Waals surface area contributed by atoms with Crippen LogP contribution in [0.3, 0.4) is 0 Å². The Kier molecular flexibility index (Phi) is 7.02. The Morgan fingerprint density at radius 3 is 2.40 bits per heavy atom. The number of sulfonamides is 1. The second kappa shape index (κ2) is 9.85. The highest BCUT2D eigenvalue weighted by molar-refractivity contribution is 7.92. The number of carbonyl (C=O) groups is 1. The Bertz CT molecular complexity index is 1570. The van der Waals surface area contributed by atoms with Crippen molar-refractivity contribution in [3.05, 3.63) is 86.5 Å². The van der Waals surface area contributed by atoms with Crippen molar-refractivity contribution in [1.29, 1.82) is 0 Å². The number of rotatable bonds is 7. The fraction of sp³-hybridized carbons (Fsp3) is 0.200. The van der Waals surface area contributed by atoms with Gasteiger partial charge in [-0.15, -0.1) is 0 Å². The summed E-state index contributed by atoms with van der Waals surface area (Å²) in [5.74, 6) is -0.512. The number of aromatic nitrogens is 1. The number of fused-ring (bicyclic) bond motifs is 1.